The van der Waals surface area contributed by atoms with Crippen LogP contribution in [0.4, 0.5) is 5.69 Å². The number of anilines is 1. The van der Waals surface area contributed by atoms with Crippen molar-refractivity contribution in [1.29, 1.82) is 5.26 Å². The first kappa shape index (κ1) is 16.4. The first-order valence-electron chi connectivity index (χ1n) is 7.13. The Bertz CT molecular complexity index is 705. The van der Waals surface area contributed by atoms with Crippen LogP contribution in [0.5, 0.6) is 11.5 Å². The molecule has 0 spiro atoms. The highest BCUT2D eigenvalue weighted by Gasteiger charge is 2.18. The zero-order valence-corrected chi connectivity index (χ0v) is 13.1. The molecule has 0 heterocycles. The van der Waals surface area contributed by atoms with Crippen molar-refractivity contribution in [2.75, 3.05) is 19.5 Å². The maximum absolute atomic E-state index is 12.3. The zero-order valence-electron chi connectivity index (χ0n) is 13.1. The number of nitrogens with zero attached hydrogens (tertiary/aromatic N) is 1. The van der Waals surface area contributed by atoms with Crippen LogP contribution in [-0.2, 0) is 11.2 Å². The molecule has 0 fully saturated rings. The van der Waals surface area contributed by atoms with Crippen molar-refractivity contribution in [2.45, 2.75) is 6.42 Å². The highest BCUT2D eigenvalue weighted by atomic mass is 16.5. The predicted molar refractivity (Wildman–Crippen MR) is 87.4 cm³/mol. The van der Waals surface area contributed by atoms with Gasteiger partial charge in [0.15, 0.2) is 0 Å². The first-order chi connectivity index (χ1) is 11.2. The van der Waals surface area contributed by atoms with E-state index in [2.05, 4.69) is 11.4 Å². The molecule has 0 aliphatic carbocycles. The van der Waals surface area contributed by atoms with Crippen LogP contribution in [-0.4, -0.2) is 20.1 Å². The van der Waals surface area contributed by atoms with Gasteiger partial charge >= 0.3 is 0 Å². The molecule has 0 radical (unpaired) electrons. The number of hydrogen-bond acceptors (Lipinski definition) is 4. The van der Waals surface area contributed by atoms with E-state index in [4.69, 9.17) is 9.47 Å². The van der Waals surface area contributed by atoms with Gasteiger partial charge in [-0.05, 0) is 36.2 Å². The minimum absolute atomic E-state index is 0.337. The number of nitrogens with one attached hydrogen (secondary N) is 1. The van der Waals surface area contributed by atoms with E-state index in [-0.39, 0.29) is 5.91 Å². The lowest BCUT2D eigenvalue weighted by Gasteiger charge is -2.11. The van der Waals surface area contributed by atoms with Crippen molar-refractivity contribution in [2.24, 2.45) is 5.92 Å². The van der Waals surface area contributed by atoms with Crippen molar-refractivity contribution < 1.29 is 14.3 Å². The van der Waals surface area contributed by atoms with Gasteiger partial charge in [0.1, 0.15) is 17.4 Å². The lowest BCUT2D eigenvalue weighted by Crippen LogP contribution is -2.23. The summed E-state index contributed by atoms with van der Waals surface area (Å²) in [6.45, 7) is 0. The summed E-state index contributed by atoms with van der Waals surface area (Å²) in [4.78, 5) is 12.3. The average molecular weight is 310 g/mol. The topological polar surface area (TPSA) is 71.3 Å². The summed E-state index contributed by atoms with van der Waals surface area (Å²) in [7, 11) is 3.15. The molecule has 1 atom stereocenters. The SMILES string of the molecule is COc1ccc(C[C@@H](C#N)C(=O)Nc2cccc(OC)c2)cc1. The smallest absolute Gasteiger partial charge is 0.242 e. The van der Waals surface area contributed by atoms with Gasteiger partial charge in [-0.15, -0.1) is 0 Å². The van der Waals surface area contributed by atoms with Crippen LogP contribution in [0.2, 0.25) is 0 Å². The fourth-order valence-electron chi connectivity index (χ4n) is 2.12. The van der Waals surface area contributed by atoms with E-state index in [0.717, 1.165) is 11.3 Å². The number of benzene rings is 2. The largest absolute Gasteiger partial charge is 0.497 e. The van der Waals surface area contributed by atoms with Gasteiger partial charge in [0.2, 0.25) is 5.91 Å². The summed E-state index contributed by atoms with van der Waals surface area (Å²) >= 11 is 0. The molecule has 0 unspecified atom stereocenters. The fourth-order valence-corrected chi connectivity index (χ4v) is 2.12. The summed E-state index contributed by atoms with van der Waals surface area (Å²) in [5, 5.41) is 12.0. The Labute approximate surface area is 135 Å². The Kier molecular flexibility index (Phi) is 5.59. The first-order valence-corrected chi connectivity index (χ1v) is 7.13. The molecule has 2 aromatic rings. The highest BCUT2D eigenvalue weighted by Crippen LogP contribution is 2.19. The van der Waals surface area contributed by atoms with E-state index in [1.165, 1.54) is 0 Å². The molecule has 0 aromatic heterocycles. The van der Waals surface area contributed by atoms with Gasteiger partial charge < -0.3 is 14.8 Å². The lowest BCUT2D eigenvalue weighted by molar-refractivity contribution is -0.118. The molecule has 5 heteroatoms. The molecule has 0 bridgehead atoms. The van der Waals surface area contributed by atoms with Crippen LogP contribution in [0, 0.1) is 17.2 Å². The number of rotatable bonds is 6. The predicted octanol–water partition coefficient (Wildman–Crippen LogP) is 3.02. The van der Waals surface area contributed by atoms with Gasteiger partial charge in [-0.25, -0.2) is 0 Å². The molecule has 2 rings (SSSR count). The van der Waals surface area contributed by atoms with Crippen molar-refractivity contribution in [3.8, 4) is 17.6 Å². The van der Waals surface area contributed by atoms with Gasteiger partial charge in [0.05, 0.1) is 20.3 Å². The summed E-state index contributed by atoms with van der Waals surface area (Å²) in [5.74, 6) is 0.278. The molecule has 118 valence electrons. The fraction of sp³-hybridized carbons (Fsp3) is 0.222. The van der Waals surface area contributed by atoms with Gasteiger partial charge in [0.25, 0.3) is 0 Å². The quantitative estimate of drug-likeness (QED) is 0.890. The Hall–Kier alpha value is -3.00. The van der Waals surface area contributed by atoms with E-state index >= 15 is 0 Å². The van der Waals surface area contributed by atoms with Crippen LogP contribution in [0.1, 0.15) is 5.56 Å². The zero-order chi connectivity index (χ0) is 16.7. The maximum Gasteiger partial charge on any atom is 0.242 e. The molecule has 0 saturated carbocycles. The van der Waals surface area contributed by atoms with Gasteiger partial charge in [0, 0.05) is 11.8 Å². The van der Waals surface area contributed by atoms with Gasteiger partial charge in [-0.3, -0.25) is 4.79 Å². The molecule has 0 aliphatic heterocycles. The van der Waals surface area contributed by atoms with E-state index in [9.17, 15) is 10.1 Å². The second kappa shape index (κ2) is 7.85. The van der Waals surface area contributed by atoms with Crippen molar-refractivity contribution in [3.63, 3.8) is 0 Å². The van der Waals surface area contributed by atoms with E-state index in [1.807, 2.05) is 24.3 Å². The minimum atomic E-state index is -0.769. The standard InChI is InChI=1S/C18H18N2O3/c1-22-16-8-6-13(7-9-16)10-14(12-19)18(21)20-15-4-3-5-17(11-15)23-2/h3-9,11,14H,10H2,1-2H3,(H,20,21)/t14-/m0/s1. The number of carbonyl (C=O) groups excluding carboxylic acids is 1. The average Bonchev–Trinajstić information content (AvgIpc) is 2.60. The van der Waals surface area contributed by atoms with E-state index < -0.39 is 5.92 Å². The molecule has 23 heavy (non-hydrogen) atoms. The summed E-state index contributed by atoms with van der Waals surface area (Å²) in [6, 6.07) is 16.4. The molecule has 0 saturated heterocycles. The Morgan fingerprint density at radius 1 is 1.13 bits per heavy atom. The second-order valence-electron chi connectivity index (χ2n) is 4.96. The van der Waals surface area contributed by atoms with Crippen molar-refractivity contribution in [3.05, 3.63) is 54.1 Å². The third-order valence-corrected chi connectivity index (χ3v) is 3.41. The van der Waals surface area contributed by atoms with Crippen LogP contribution in [0.25, 0.3) is 0 Å². The Morgan fingerprint density at radius 3 is 2.43 bits per heavy atom. The number of ether oxygens (including phenoxy) is 2. The Morgan fingerprint density at radius 2 is 1.83 bits per heavy atom. The third kappa shape index (κ3) is 4.48. The number of carbonyl (C=O) groups is 1. The van der Waals surface area contributed by atoms with Crippen LogP contribution >= 0.6 is 0 Å². The van der Waals surface area contributed by atoms with Crippen molar-refractivity contribution in [1.82, 2.24) is 0 Å². The van der Waals surface area contributed by atoms with Crippen molar-refractivity contribution >= 4 is 11.6 Å². The molecule has 1 amide bonds. The van der Waals surface area contributed by atoms with Crippen LogP contribution < -0.4 is 14.8 Å². The Balaban J connectivity index is 2.04. The molecular formula is C18H18N2O3. The third-order valence-electron chi connectivity index (χ3n) is 3.41. The van der Waals surface area contributed by atoms with Gasteiger partial charge in [-0.1, -0.05) is 18.2 Å². The van der Waals surface area contributed by atoms with E-state index in [0.29, 0.717) is 17.9 Å². The number of nitriles is 1. The monoisotopic (exact) mass is 310 g/mol. The minimum Gasteiger partial charge on any atom is -0.497 e. The highest BCUT2D eigenvalue weighted by molar-refractivity contribution is 5.94. The van der Waals surface area contributed by atoms with Gasteiger partial charge in [-0.2, -0.15) is 5.26 Å². The molecule has 5 nitrogen and oxygen atoms in total. The molecule has 2 aromatic carbocycles. The number of amides is 1. The normalized spacial score (nSPS) is 11.2. The molecule has 1 N–H and O–H groups in total. The number of methoxy groups -OCH3 is 2. The number of hydrogen-bond donors (Lipinski definition) is 1. The summed E-state index contributed by atoms with van der Waals surface area (Å²) in [5.41, 5.74) is 1.50. The molecular weight excluding hydrogens is 292 g/mol. The van der Waals surface area contributed by atoms with E-state index in [1.54, 1.807) is 38.5 Å². The lowest BCUT2D eigenvalue weighted by atomic mass is 9.99. The summed E-state index contributed by atoms with van der Waals surface area (Å²) in [6.07, 6.45) is 0.344. The second-order valence-corrected chi connectivity index (χ2v) is 4.96. The maximum atomic E-state index is 12.3. The van der Waals surface area contributed by atoms with Crippen LogP contribution in [0.15, 0.2) is 48.5 Å². The summed E-state index contributed by atoms with van der Waals surface area (Å²) < 4.78 is 10.2. The molecule has 0 aliphatic rings. The van der Waals surface area contributed by atoms with Crippen LogP contribution in [0.3, 0.4) is 0 Å².